The number of hydrogen-bond acceptors (Lipinski definition) is 4. The smallest absolute Gasteiger partial charge is 0.395 e. The van der Waals surface area contributed by atoms with E-state index >= 15 is 0 Å². The zero-order valence-corrected chi connectivity index (χ0v) is 18.1. The molecule has 0 fully saturated rings. The highest BCUT2D eigenvalue weighted by Gasteiger charge is 2.43. The minimum atomic E-state index is -3.74. The minimum absolute atomic E-state index is 0.118. The van der Waals surface area contributed by atoms with Crippen LogP contribution in [0.15, 0.2) is 72.9 Å². The number of alkyl halides is 2. The number of hydrogen-bond donors (Lipinski definition) is 1. The summed E-state index contributed by atoms with van der Waals surface area (Å²) in [4.78, 5) is 12.9. The highest BCUT2D eigenvalue weighted by Crippen LogP contribution is 2.42. The lowest BCUT2D eigenvalue weighted by Crippen LogP contribution is -2.25. The summed E-state index contributed by atoms with van der Waals surface area (Å²) < 4.78 is 36.4. The number of ether oxygens (including phenoxy) is 2. The van der Waals surface area contributed by atoms with Gasteiger partial charge in [0.2, 0.25) is 0 Å². The van der Waals surface area contributed by atoms with Crippen LogP contribution in [0, 0.1) is 0 Å². The van der Waals surface area contributed by atoms with Crippen LogP contribution in [-0.4, -0.2) is 22.1 Å². The molecule has 0 aliphatic carbocycles. The normalized spacial score (nSPS) is 13.7. The van der Waals surface area contributed by atoms with Gasteiger partial charge in [0.25, 0.3) is 0 Å². The van der Waals surface area contributed by atoms with Crippen LogP contribution in [0.1, 0.15) is 0 Å². The maximum absolute atomic E-state index is 13.3. The van der Waals surface area contributed by atoms with Crippen molar-refractivity contribution in [3.05, 3.63) is 83.0 Å². The quantitative estimate of drug-likeness (QED) is 0.340. The number of nitrogens with one attached hydrogen (secondary N) is 1. The summed E-state index contributed by atoms with van der Waals surface area (Å²) in [5, 5.41) is 8.21. The molecule has 1 aromatic heterocycles. The first kappa shape index (κ1) is 21.2. The molecule has 1 amide bonds. The molecule has 0 spiro atoms. The second kappa shape index (κ2) is 8.06. The molecule has 0 radical (unpaired) electrons. The van der Waals surface area contributed by atoms with Crippen molar-refractivity contribution in [3.63, 3.8) is 0 Å². The molecule has 166 valence electrons. The Balaban J connectivity index is 1.48. The Kier molecular flexibility index (Phi) is 5.19. The van der Waals surface area contributed by atoms with Crippen molar-refractivity contribution in [1.82, 2.24) is 9.78 Å². The Hall–Kier alpha value is -3.62. The van der Waals surface area contributed by atoms with Crippen molar-refractivity contribution in [2.24, 2.45) is 0 Å². The fourth-order valence-corrected chi connectivity index (χ4v) is 3.60. The number of halogens is 4. The maximum Gasteiger partial charge on any atom is 0.586 e. The Morgan fingerprint density at radius 1 is 0.879 bits per heavy atom. The van der Waals surface area contributed by atoms with Gasteiger partial charge < -0.3 is 14.8 Å². The monoisotopic (exact) mass is 487 g/mol. The molecule has 0 unspecified atom stereocenters. The van der Waals surface area contributed by atoms with Crippen molar-refractivity contribution < 1.29 is 23.0 Å². The van der Waals surface area contributed by atoms with Crippen LogP contribution in [0.5, 0.6) is 11.5 Å². The molecule has 0 atom stereocenters. The van der Waals surface area contributed by atoms with Crippen LogP contribution >= 0.6 is 23.2 Å². The zero-order chi connectivity index (χ0) is 23.2. The van der Waals surface area contributed by atoms with Gasteiger partial charge in [-0.1, -0.05) is 47.5 Å². The number of carbonyl (C=O) groups is 1. The van der Waals surface area contributed by atoms with Crippen molar-refractivity contribution in [1.29, 1.82) is 0 Å². The second-order valence-corrected chi connectivity index (χ2v) is 7.98. The highest BCUT2D eigenvalue weighted by atomic mass is 35.5. The number of rotatable bonds is 3. The van der Waals surface area contributed by atoms with Crippen molar-refractivity contribution >= 4 is 34.9 Å². The topological polar surface area (TPSA) is 65.4 Å². The number of aromatic nitrogens is 2. The summed E-state index contributed by atoms with van der Waals surface area (Å²) in [6.07, 6.45) is -2.17. The molecule has 3 aromatic carbocycles. The van der Waals surface area contributed by atoms with E-state index in [1.54, 1.807) is 42.6 Å². The average molecular weight is 488 g/mol. The standard InChI is InChI=1S/C23H13Cl2F2N3O3/c24-15-5-1-13(2-6-15)18-12-30(29-21(18)14-3-7-16(25)8-4-14)22(31)28-17-9-10-19-20(11-17)33-23(26,27)32-19/h1-12H,(H,28,31). The predicted octanol–water partition coefficient (Wildman–Crippen LogP) is 6.93. The molecule has 0 saturated heterocycles. The molecule has 0 bridgehead atoms. The lowest BCUT2D eigenvalue weighted by atomic mass is 10.0. The minimum Gasteiger partial charge on any atom is -0.395 e. The molecule has 1 aliphatic rings. The maximum atomic E-state index is 13.3. The van der Waals surface area contributed by atoms with Gasteiger partial charge in [-0.25, -0.2) is 4.79 Å². The third-order valence-corrected chi connectivity index (χ3v) is 5.35. The van der Waals surface area contributed by atoms with Gasteiger partial charge in [-0.05, 0) is 42.0 Å². The molecule has 1 aliphatic heterocycles. The van der Waals surface area contributed by atoms with Gasteiger partial charge >= 0.3 is 12.3 Å². The molecule has 1 N–H and O–H groups in total. The van der Waals surface area contributed by atoms with Crippen LogP contribution in [-0.2, 0) is 0 Å². The second-order valence-electron chi connectivity index (χ2n) is 7.11. The third-order valence-electron chi connectivity index (χ3n) is 4.85. The largest absolute Gasteiger partial charge is 0.586 e. The summed E-state index contributed by atoms with van der Waals surface area (Å²) in [5.74, 6) is -0.297. The van der Waals surface area contributed by atoms with E-state index in [2.05, 4.69) is 19.9 Å². The van der Waals surface area contributed by atoms with E-state index in [1.807, 2.05) is 12.1 Å². The average Bonchev–Trinajstić information content (AvgIpc) is 3.34. The van der Waals surface area contributed by atoms with Gasteiger partial charge in [0, 0.05) is 39.1 Å². The van der Waals surface area contributed by atoms with Crippen LogP contribution in [0.3, 0.4) is 0 Å². The first-order chi connectivity index (χ1) is 15.8. The summed E-state index contributed by atoms with van der Waals surface area (Å²) in [5.41, 5.74) is 3.02. The van der Waals surface area contributed by atoms with Gasteiger partial charge in [0.15, 0.2) is 11.5 Å². The van der Waals surface area contributed by atoms with Gasteiger partial charge in [-0.2, -0.15) is 9.78 Å². The Bertz CT molecular complexity index is 1290. The lowest BCUT2D eigenvalue weighted by Gasteiger charge is -2.05. The van der Waals surface area contributed by atoms with E-state index in [1.165, 1.54) is 18.2 Å². The molecule has 6 nitrogen and oxygen atoms in total. The first-order valence-electron chi connectivity index (χ1n) is 9.60. The van der Waals surface area contributed by atoms with Crippen molar-refractivity contribution in [2.45, 2.75) is 6.29 Å². The molecule has 2 heterocycles. The van der Waals surface area contributed by atoms with Gasteiger partial charge in [0.05, 0.1) is 0 Å². The fraction of sp³-hybridized carbons (Fsp3) is 0.0435. The zero-order valence-electron chi connectivity index (χ0n) is 16.6. The summed E-state index contributed by atoms with van der Waals surface area (Å²) in [6, 6.07) is 17.5. The number of benzene rings is 3. The van der Waals surface area contributed by atoms with Gasteiger partial charge in [0.1, 0.15) is 5.69 Å². The Morgan fingerprint density at radius 2 is 1.48 bits per heavy atom. The fourth-order valence-electron chi connectivity index (χ4n) is 3.35. The van der Waals surface area contributed by atoms with E-state index in [0.717, 1.165) is 15.8 Å². The van der Waals surface area contributed by atoms with E-state index in [9.17, 15) is 13.6 Å². The number of nitrogens with zero attached hydrogens (tertiary/aromatic N) is 2. The van der Waals surface area contributed by atoms with Crippen molar-refractivity contribution in [2.75, 3.05) is 5.32 Å². The van der Waals surface area contributed by atoms with Crippen molar-refractivity contribution in [3.8, 4) is 33.9 Å². The van der Waals surface area contributed by atoms with E-state index in [0.29, 0.717) is 21.3 Å². The van der Waals surface area contributed by atoms with Gasteiger partial charge in [-0.3, -0.25) is 0 Å². The summed E-state index contributed by atoms with van der Waals surface area (Å²) in [6.45, 7) is 0. The molecule has 4 aromatic rings. The number of fused-ring (bicyclic) bond motifs is 1. The Morgan fingerprint density at radius 3 is 2.15 bits per heavy atom. The molecule has 0 saturated carbocycles. The van der Waals surface area contributed by atoms with Gasteiger partial charge in [-0.15, -0.1) is 8.78 Å². The molecule has 10 heteroatoms. The number of carbonyl (C=O) groups excluding carboxylic acids is 1. The number of anilines is 1. The number of amides is 1. The molecular formula is C23H13Cl2F2N3O3. The summed E-state index contributed by atoms with van der Waals surface area (Å²) >= 11 is 12.0. The first-order valence-corrected chi connectivity index (χ1v) is 10.4. The van der Waals surface area contributed by atoms with Crippen LogP contribution in [0.25, 0.3) is 22.4 Å². The molecule has 5 rings (SSSR count). The van der Waals surface area contributed by atoms with E-state index in [-0.39, 0.29) is 17.2 Å². The summed E-state index contributed by atoms with van der Waals surface area (Å²) in [7, 11) is 0. The SMILES string of the molecule is O=C(Nc1ccc2c(c1)OC(F)(F)O2)n1cc(-c2ccc(Cl)cc2)c(-c2ccc(Cl)cc2)n1. The van der Waals surface area contributed by atoms with E-state index in [4.69, 9.17) is 23.2 Å². The highest BCUT2D eigenvalue weighted by molar-refractivity contribution is 6.31. The lowest BCUT2D eigenvalue weighted by molar-refractivity contribution is -0.286. The predicted molar refractivity (Wildman–Crippen MR) is 120 cm³/mol. The van der Waals surface area contributed by atoms with Crippen LogP contribution in [0.2, 0.25) is 10.0 Å². The molecular weight excluding hydrogens is 475 g/mol. The van der Waals surface area contributed by atoms with Crippen LogP contribution in [0.4, 0.5) is 19.3 Å². The molecule has 33 heavy (non-hydrogen) atoms. The Labute approximate surface area is 196 Å². The van der Waals surface area contributed by atoms with E-state index < -0.39 is 12.3 Å². The third kappa shape index (κ3) is 4.35. The van der Waals surface area contributed by atoms with Crippen LogP contribution < -0.4 is 14.8 Å².